The largest absolute Gasteiger partial charge is 0.310 e. The standard InChI is InChI=1S/C14H20BrN3S/c1-4-16-12(13-7-10(2)14(15)19-13)6-5-11-8-17-18(3)9-11/h7-9,12,16H,4-6H2,1-3H3. The SMILES string of the molecule is CCNC(CCc1cnn(C)c1)c1cc(C)c(Br)s1. The van der Waals surface area contributed by atoms with Crippen LogP contribution in [-0.2, 0) is 13.5 Å². The summed E-state index contributed by atoms with van der Waals surface area (Å²) in [5.74, 6) is 0. The van der Waals surface area contributed by atoms with Gasteiger partial charge in [-0.25, -0.2) is 0 Å². The number of hydrogen-bond donors (Lipinski definition) is 1. The summed E-state index contributed by atoms with van der Waals surface area (Å²) in [5.41, 5.74) is 2.63. The predicted molar refractivity (Wildman–Crippen MR) is 84.7 cm³/mol. The zero-order valence-corrected chi connectivity index (χ0v) is 14.0. The highest BCUT2D eigenvalue weighted by Gasteiger charge is 2.14. The van der Waals surface area contributed by atoms with Gasteiger partial charge in [0.15, 0.2) is 0 Å². The summed E-state index contributed by atoms with van der Waals surface area (Å²) in [5, 5.41) is 7.80. The first kappa shape index (κ1) is 14.8. The molecule has 0 fully saturated rings. The van der Waals surface area contributed by atoms with Crippen molar-refractivity contribution in [3.05, 3.63) is 38.3 Å². The molecule has 0 aromatic carbocycles. The molecule has 2 aromatic heterocycles. The van der Waals surface area contributed by atoms with Crippen LogP contribution in [0.3, 0.4) is 0 Å². The molecule has 1 N–H and O–H groups in total. The van der Waals surface area contributed by atoms with Crippen molar-refractivity contribution >= 4 is 27.3 Å². The van der Waals surface area contributed by atoms with Gasteiger partial charge in [0.2, 0.25) is 0 Å². The highest BCUT2D eigenvalue weighted by Crippen LogP contribution is 2.33. The summed E-state index contributed by atoms with van der Waals surface area (Å²) in [6, 6.07) is 2.71. The van der Waals surface area contributed by atoms with E-state index in [4.69, 9.17) is 0 Å². The van der Waals surface area contributed by atoms with E-state index in [2.05, 4.69) is 52.5 Å². The molecular weight excluding hydrogens is 322 g/mol. The number of aryl methyl sites for hydroxylation is 3. The zero-order chi connectivity index (χ0) is 13.8. The van der Waals surface area contributed by atoms with E-state index in [1.807, 2.05) is 29.3 Å². The van der Waals surface area contributed by atoms with Crippen LogP contribution in [0.15, 0.2) is 22.2 Å². The molecule has 104 valence electrons. The van der Waals surface area contributed by atoms with Gasteiger partial charge >= 0.3 is 0 Å². The van der Waals surface area contributed by atoms with Crippen LogP contribution in [0.2, 0.25) is 0 Å². The summed E-state index contributed by atoms with van der Waals surface area (Å²) in [7, 11) is 1.96. The molecule has 5 heteroatoms. The first-order valence-electron chi connectivity index (χ1n) is 6.57. The average Bonchev–Trinajstić information content (AvgIpc) is 2.92. The van der Waals surface area contributed by atoms with Crippen LogP contribution < -0.4 is 5.32 Å². The van der Waals surface area contributed by atoms with Crippen LogP contribution in [0.25, 0.3) is 0 Å². The molecule has 19 heavy (non-hydrogen) atoms. The van der Waals surface area contributed by atoms with Crippen molar-refractivity contribution in [3.8, 4) is 0 Å². The fourth-order valence-corrected chi connectivity index (χ4v) is 3.84. The van der Waals surface area contributed by atoms with Gasteiger partial charge in [0.1, 0.15) is 0 Å². The Morgan fingerprint density at radius 1 is 1.53 bits per heavy atom. The summed E-state index contributed by atoms with van der Waals surface area (Å²) in [6.07, 6.45) is 6.21. The van der Waals surface area contributed by atoms with Crippen molar-refractivity contribution < 1.29 is 0 Å². The van der Waals surface area contributed by atoms with Gasteiger partial charge in [-0.3, -0.25) is 4.68 Å². The van der Waals surface area contributed by atoms with Crippen LogP contribution >= 0.6 is 27.3 Å². The molecule has 0 bridgehead atoms. The second-order valence-corrected chi connectivity index (χ2v) is 7.18. The Hall–Kier alpha value is -0.650. The van der Waals surface area contributed by atoms with Crippen LogP contribution in [-0.4, -0.2) is 16.3 Å². The first-order chi connectivity index (χ1) is 9.10. The number of nitrogens with zero attached hydrogens (tertiary/aromatic N) is 2. The minimum absolute atomic E-state index is 0.431. The quantitative estimate of drug-likeness (QED) is 0.865. The lowest BCUT2D eigenvalue weighted by molar-refractivity contribution is 0.523. The lowest BCUT2D eigenvalue weighted by Gasteiger charge is -2.15. The van der Waals surface area contributed by atoms with Gasteiger partial charge in [0, 0.05) is 24.2 Å². The maximum atomic E-state index is 4.22. The molecule has 2 heterocycles. The van der Waals surface area contributed by atoms with Crippen molar-refractivity contribution in [2.75, 3.05) is 6.54 Å². The molecule has 0 aliphatic carbocycles. The van der Waals surface area contributed by atoms with Gasteiger partial charge in [-0.1, -0.05) is 6.92 Å². The van der Waals surface area contributed by atoms with Crippen LogP contribution in [0.1, 0.15) is 35.4 Å². The Kier molecular flexibility index (Phi) is 5.19. The number of aromatic nitrogens is 2. The Bertz CT molecular complexity index is 513. The lowest BCUT2D eigenvalue weighted by Crippen LogP contribution is -2.20. The summed E-state index contributed by atoms with van der Waals surface area (Å²) < 4.78 is 3.11. The smallest absolute Gasteiger partial charge is 0.0731 e. The normalized spacial score (nSPS) is 12.8. The van der Waals surface area contributed by atoms with E-state index >= 15 is 0 Å². The van der Waals surface area contributed by atoms with E-state index in [0.717, 1.165) is 19.4 Å². The fraction of sp³-hybridized carbons (Fsp3) is 0.500. The number of hydrogen-bond acceptors (Lipinski definition) is 3. The summed E-state index contributed by atoms with van der Waals surface area (Å²) in [4.78, 5) is 1.41. The van der Waals surface area contributed by atoms with E-state index in [0.29, 0.717) is 6.04 Å². The second-order valence-electron chi connectivity index (χ2n) is 4.78. The van der Waals surface area contributed by atoms with E-state index in [1.165, 1.54) is 19.8 Å². The molecule has 0 saturated carbocycles. The van der Waals surface area contributed by atoms with Gasteiger partial charge in [-0.05, 0) is 59.4 Å². The van der Waals surface area contributed by atoms with Crippen molar-refractivity contribution in [2.45, 2.75) is 32.7 Å². The van der Waals surface area contributed by atoms with E-state index in [1.54, 1.807) is 0 Å². The van der Waals surface area contributed by atoms with Crippen LogP contribution in [0, 0.1) is 6.92 Å². The lowest BCUT2D eigenvalue weighted by atomic mass is 10.1. The Labute approximate surface area is 127 Å². The number of halogens is 1. The Balaban J connectivity index is 2.03. The topological polar surface area (TPSA) is 29.9 Å². The van der Waals surface area contributed by atoms with Gasteiger partial charge in [-0.15, -0.1) is 11.3 Å². The molecule has 2 rings (SSSR count). The molecule has 1 atom stereocenters. The molecule has 1 unspecified atom stereocenters. The average molecular weight is 342 g/mol. The maximum Gasteiger partial charge on any atom is 0.0731 e. The van der Waals surface area contributed by atoms with Crippen molar-refractivity contribution in [2.24, 2.45) is 7.05 Å². The molecule has 0 amide bonds. The predicted octanol–water partition coefficient (Wildman–Crippen LogP) is 3.84. The third-order valence-electron chi connectivity index (χ3n) is 3.15. The molecule has 0 saturated heterocycles. The minimum Gasteiger partial charge on any atom is -0.310 e. The second kappa shape index (κ2) is 6.68. The van der Waals surface area contributed by atoms with Crippen molar-refractivity contribution in [1.82, 2.24) is 15.1 Å². The zero-order valence-electron chi connectivity index (χ0n) is 11.6. The molecule has 0 aliphatic rings. The van der Waals surface area contributed by atoms with E-state index in [9.17, 15) is 0 Å². The Morgan fingerprint density at radius 2 is 2.32 bits per heavy atom. The molecule has 0 spiro atoms. The van der Waals surface area contributed by atoms with E-state index < -0.39 is 0 Å². The van der Waals surface area contributed by atoms with Crippen LogP contribution in [0.4, 0.5) is 0 Å². The summed E-state index contributed by atoms with van der Waals surface area (Å²) >= 11 is 5.45. The van der Waals surface area contributed by atoms with Crippen molar-refractivity contribution in [1.29, 1.82) is 0 Å². The monoisotopic (exact) mass is 341 g/mol. The summed E-state index contributed by atoms with van der Waals surface area (Å²) in [6.45, 7) is 5.30. The number of thiophene rings is 1. The number of nitrogens with one attached hydrogen (secondary N) is 1. The first-order valence-corrected chi connectivity index (χ1v) is 8.17. The van der Waals surface area contributed by atoms with Crippen molar-refractivity contribution in [3.63, 3.8) is 0 Å². The Morgan fingerprint density at radius 3 is 2.84 bits per heavy atom. The maximum absolute atomic E-state index is 4.22. The third-order valence-corrected chi connectivity index (χ3v) is 5.40. The van der Waals surface area contributed by atoms with Gasteiger partial charge in [0.05, 0.1) is 9.98 Å². The van der Waals surface area contributed by atoms with Gasteiger partial charge in [-0.2, -0.15) is 5.10 Å². The molecule has 0 aliphatic heterocycles. The minimum atomic E-state index is 0.431. The fourth-order valence-electron chi connectivity index (χ4n) is 2.16. The third kappa shape index (κ3) is 3.91. The highest BCUT2D eigenvalue weighted by atomic mass is 79.9. The van der Waals surface area contributed by atoms with Gasteiger partial charge in [0.25, 0.3) is 0 Å². The molecule has 0 radical (unpaired) electrons. The highest BCUT2D eigenvalue weighted by molar-refractivity contribution is 9.11. The van der Waals surface area contributed by atoms with Crippen LogP contribution in [0.5, 0.6) is 0 Å². The van der Waals surface area contributed by atoms with E-state index in [-0.39, 0.29) is 0 Å². The number of rotatable bonds is 6. The molecular formula is C14H20BrN3S. The van der Waals surface area contributed by atoms with Gasteiger partial charge < -0.3 is 5.32 Å². The molecule has 3 nitrogen and oxygen atoms in total. The molecule has 2 aromatic rings.